The molecule has 210 valence electrons. The summed E-state index contributed by atoms with van der Waals surface area (Å²) in [4.78, 5) is 0. The van der Waals surface area contributed by atoms with Crippen molar-refractivity contribution >= 4 is 27.5 Å². The SMILES string of the molecule is CC1=C(C)c2c(ccc3c2oc2c4c(ccc23)C2(c3ccccc3-c3cccc[n+]32)[n+]2cc(C)c(CC(C)(C)C)cc2-4)C1. The summed E-state index contributed by atoms with van der Waals surface area (Å²) < 4.78 is 12.1. The summed E-state index contributed by atoms with van der Waals surface area (Å²) in [7, 11) is 0. The Morgan fingerprint density at radius 1 is 0.767 bits per heavy atom. The quantitative estimate of drug-likeness (QED) is 0.184. The molecule has 1 aliphatic carbocycles. The highest BCUT2D eigenvalue weighted by Crippen LogP contribution is 2.51. The largest absolute Gasteiger partial charge is 0.454 e. The number of hydrogen-bond acceptors (Lipinski definition) is 1. The minimum Gasteiger partial charge on any atom is -0.454 e. The van der Waals surface area contributed by atoms with Crippen molar-refractivity contribution in [2.75, 3.05) is 0 Å². The van der Waals surface area contributed by atoms with Crippen LogP contribution in [0.3, 0.4) is 0 Å². The molecule has 1 spiro atoms. The number of fused-ring (bicyclic) bond motifs is 16. The van der Waals surface area contributed by atoms with E-state index < -0.39 is 5.66 Å². The van der Waals surface area contributed by atoms with E-state index in [0.717, 1.165) is 24.0 Å². The van der Waals surface area contributed by atoms with Gasteiger partial charge in [-0.05, 0) is 86.1 Å². The molecule has 0 bridgehead atoms. The number of hydrogen-bond donors (Lipinski definition) is 0. The van der Waals surface area contributed by atoms with E-state index >= 15 is 0 Å². The van der Waals surface area contributed by atoms with Gasteiger partial charge < -0.3 is 4.42 Å². The van der Waals surface area contributed by atoms with E-state index in [1.807, 2.05) is 0 Å². The summed E-state index contributed by atoms with van der Waals surface area (Å²) in [6.45, 7) is 13.8. The molecule has 1 atom stereocenters. The number of nitrogens with zero attached hydrogens (tertiary/aromatic N) is 2. The van der Waals surface area contributed by atoms with Gasteiger partial charge in [0.25, 0.3) is 0 Å². The molecule has 0 saturated carbocycles. The summed E-state index contributed by atoms with van der Waals surface area (Å²) in [6.07, 6.45) is 6.69. The molecule has 1 unspecified atom stereocenters. The lowest BCUT2D eigenvalue weighted by molar-refractivity contribution is -0.955. The lowest BCUT2D eigenvalue weighted by Crippen LogP contribution is -2.71. The monoisotopic (exact) mass is 560 g/mol. The third-order valence-electron chi connectivity index (χ3n) is 10.3. The van der Waals surface area contributed by atoms with Gasteiger partial charge in [-0.15, -0.1) is 9.13 Å². The maximum Gasteiger partial charge on any atom is 0.417 e. The molecule has 5 heterocycles. The van der Waals surface area contributed by atoms with Gasteiger partial charge >= 0.3 is 5.66 Å². The number of furan rings is 1. The van der Waals surface area contributed by atoms with Crippen LogP contribution in [0.5, 0.6) is 0 Å². The first-order valence-electron chi connectivity index (χ1n) is 15.5. The van der Waals surface area contributed by atoms with Crippen molar-refractivity contribution < 1.29 is 13.6 Å². The molecule has 9 rings (SSSR count). The smallest absolute Gasteiger partial charge is 0.417 e. The molecular weight excluding hydrogens is 524 g/mol. The Kier molecular flexibility index (Phi) is 4.72. The van der Waals surface area contributed by atoms with E-state index in [2.05, 4.69) is 136 Å². The zero-order chi connectivity index (χ0) is 29.4. The average Bonchev–Trinajstić information content (AvgIpc) is 3.67. The van der Waals surface area contributed by atoms with Crippen LogP contribution in [0.2, 0.25) is 0 Å². The summed E-state index contributed by atoms with van der Waals surface area (Å²) in [5, 5.41) is 2.40. The van der Waals surface area contributed by atoms with Crippen molar-refractivity contribution in [1.82, 2.24) is 0 Å². The Balaban J connectivity index is 1.46. The van der Waals surface area contributed by atoms with Gasteiger partial charge in [0.1, 0.15) is 27.9 Å². The van der Waals surface area contributed by atoms with E-state index in [4.69, 9.17) is 4.42 Å². The second-order valence-corrected chi connectivity index (χ2v) is 14.2. The Labute approximate surface area is 252 Å². The standard InChI is InChI=1S/C40H36N2O/c1-23-19-26-14-15-28-29-16-17-32-36(38(29)43-37(28)35(26)25(23)3)34-20-27(21-39(4,5)6)24(2)22-42(34)40(32)31-12-8-7-11-30(31)33-13-9-10-18-41(33)40/h7-18,20,22H,19,21H2,1-6H3/q+2. The highest BCUT2D eigenvalue weighted by molar-refractivity contribution is 6.13. The third kappa shape index (κ3) is 3.05. The molecule has 3 aliphatic rings. The lowest BCUT2D eigenvalue weighted by atomic mass is 9.86. The van der Waals surface area contributed by atoms with Crippen LogP contribution >= 0.6 is 0 Å². The normalized spacial score (nSPS) is 18.0. The number of allylic oxidation sites excluding steroid dienone is 2. The molecule has 3 nitrogen and oxygen atoms in total. The first kappa shape index (κ1) is 25.0. The van der Waals surface area contributed by atoms with Gasteiger partial charge in [-0.2, -0.15) is 0 Å². The zero-order valence-electron chi connectivity index (χ0n) is 25.8. The van der Waals surface area contributed by atoms with Gasteiger partial charge in [-0.25, -0.2) is 0 Å². The van der Waals surface area contributed by atoms with Crippen molar-refractivity contribution in [1.29, 1.82) is 0 Å². The number of aryl methyl sites for hydroxylation is 1. The molecule has 0 saturated heterocycles. The molecule has 2 aliphatic heterocycles. The Hall–Kier alpha value is -4.50. The fraction of sp³-hybridized carbons (Fsp3) is 0.250. The van der Waals surface area contributed by atoms with E-state index in [1.165, 1.54) is 77.8 Å². The highest BCUT2D eigenvalue weighted by atomic mass is 16.3. The molecule has 43 heavy (non-hydrogen) atoms. The maximum absolute atomic E-state index is 7.11. The number of rotatable bonds is 1. The first-order chi connectivity index (χ1) is 20.7. The first-order valence-corrected chi connectivity index (χ1v) is 15.5. The van der Waals surface area contributed by atoms with Crippen LogP contribution < -0.4 is 9.13 Å². The zero-order valence-corrected chi connectivity index (χ0v) is 25.8. The van der Waals surface area contributed by atoms with Crippen LogP contribution in [-0.2, 0) is 18.5 Å². The topological polar surface area (TPSA) is 20.9 Å². The highest BCUT2D eigenvalue weighted by Gasteiger charge is 2.67. The van der Waals surface area contributed by atoms with Crippen LogP contribution in [-0.4, -0.2) is 0 Å². The molecule has 0 N–H and O–H groups in total. The number of benzene rings is 3. The van der Waals surface area contributed by atoms with Gasteiger partial charge in [-0.1, -0.05) is 50.6 Å². The van der Waals surface area contributed by atoms with Crippen LogP contribution in [0.1, 0.15) is 68.0 Å². The van der Waals surface area contributed by atoms with E-state index in [9.17, 15) is 0 Å². The second kappa shape index (κ2) is 8.11. The van der Waals surface area contributed by atoms with Crippen LogP contribution in [0.25, 0.3) is 50.0 Å². The van der Waals surface area contributed by atoms with E-state index in [1.54, 1.807) is 0 Å². The van der Waals surface area contributed by atoms with Crippen LogP contribution in [0, 0.1) is 12.3 Å². The Bertz CT molecular complexity index is 2210. The molecular formula is C40H36N2O+2. The average molecular weight is 561 g/mol. The minimum absolute atomic E-state index is 0.178. The molecule has 0 fully saturated rings. The summed E-state index contributed by atoms with van der Waals surface area (Å²) in [5.74, 6) is 0. The molecule has 3 aromatic heterocycles. The van der Waals surface area contributed by atoms with Gasteiger partial charge in [0.2, 0.25) is 11.4 Å². The summed E-state index contributed by atoms with van der Waals surface area (Å²) in [5.41, 5.74) is 17.4. The van der Waals surface area contributed by atoms with Crippen LogP contribution in [0.4, 0.5) is 0 Å². The van der Waals surface area contributed by atoms with Gasteiger partial charge in [0.15, 0.2) is 12.4 Å². The molecule has 3 heteroatoms. The molecule has 0 radical (unpaired) electrons. The second-order valence-electron chi connectivity index (χ2n) is 14.2. The van der Waals surface area contributed by atoms with Crippen LogP contribution in [0.15, 0.2) is 95.2 Å². The van der Waals surface area contributed by atoms with Gasteiger partial charge in [-0.3, -0.25) is 0 Å². The number of aromatic nitrogens is 2. The van der Waals surface area contributed by atoms with Crippen molar-refractivity contribution in [2.45, 2.75) is 60.0 Å². The summed E-state index contributed by atoms with van der Waals surface area (Å²) >= 11 is 0. The van der Waals surface area contributed by atoms with E-state index in [-0.39, 0.29) is 5.41 Å². The fourth-order valence-corrected chi connectivity index (χ4v) is 8.33. The van der Waals surface area contributed by atoms with Crippen molar-refractivity contribution in [3.05, 3.63) is 124 Å². The molecule has 0 amide bonds. The Morgan fingerprint density at radius 3 is 2.33 bits per heavy atom. The molecule has 3 aromatic carbocycles. The predicted molar refractivity (Wildman–Crippen MR) is 173 cm³/mol. The maximum atomic E-state index is 7.11. The van der Waals surface area contributed by atoms with Gasteiger partial charge in [0, 0.05) is 40.1 Å². The number of pyridine rings is 2. The van der Waals surface area contributed by atoms with Gasteiger partial charge in [0.05, 0.1) is 5.56 Å². The lowest BCUT2D eigenvalue weighted by Gasteiger charge is -2.20. The van der Waals surface area contributed by atoms with Crippen molar-refractivity contribution in [3.63, 3.8) is 0 Å². The molecule has 6 aromatic rings. The minimum atomic E-state index is -0.537. The van der Waals surface area contributed by atoms with Crippen molar-refractivity contribution in [2.24, 2.45) is 5.41 Å². The van der Waals surface area contributed by atoms with E-state index in [0.29, 0.717) is 0 Å². The predicted octanol–water partition coefficient (Wildman–Crippen LogP) is 8.67. The Morgan fingerprint density at radius 2 is 1.51 bits per heavy atom. The third-order valence-corrected chi connectivity index (χ3v) is 10.3. The fourth-order valence-electron chi connectivity index (χ4n) is 8.33. The van der Waals surface area contributed by atoms with Crippen molar-refractivity contribution in [3.8, 4) is 22.5 Å². The summed E-state index contributed by atoms with van der Waals surface area (Å²) in [6, 6.07) is 27.3.